The summed E-state index contributed by atoms with van der Waals surface area (Å²) in [6, 6.07) is 5.59. The van der Waals surface area contributed by atoms with Crippen LogP contribution in [0, 0.1) is 0 Å². The Balaban J connectivity index is 2.39. The van der Waals surface area contributed by atoms with Crippen LogP contribution in [0.25, 0.3) is 11.3 Å². The van der Waals surface area contributed by atoms with Gasteiger partial charge in [0, 0.05) is 5.56 Å². The zero-order valence-corrected chi connectivity index (χ0v) is 11.9. The normalized spacial score (nSPS) is 10.6. The maximum absolute atomic E-state index is 6.11. The van der Waals surface area contributed by atoms with Crippen LogP contribution in [-0.2, 0) is 6.42 Å². The fraction of sp³-hybridized carbons (Fsp3) is 0.308. The lowest BCUT2D eigenvalue weighted by atomic mass is 10.1. The number of benzene rings is 1. The first kappa shape index (κ1) is 13.2. The monoisotopic (exact) mass is 282 g/mol. The number of aryl methyl sites for hydroxylation is 1. The van der Waals surface area contributed by atoms with Gasteiger partial charge >= 0.3 is 0 Å². The van der Waals surface area contributed by atoms with Gasteiger partial charge < -0.3 is 10.5 Å². The Hall–Kier alpha value is -1.26. The van der Waals surface area contributed by atoms with Crippen molar-refractivity contribution in [2.75, 3.05) is 12.8 Å². The highest BCUT2D eigenvalue weighted by Gasteiger charge is 2.12. The third kappa shape index (κ3) is 2.60. The van der Waals surface area contributed by atoms with E-state index in [1.165, 1.54) is 0 Å². The highest BCUT2D eigenvalue weighted by Crippen LogP contribution is 2.35. The number of thiazole rings is 1. The van der Waals surface area contributed by atoms with E-state index in [0.717, 1.165) is 34.1 Å². The van der Waals surface area contributed by atoms with Gasteiger partial charge in [0.2, 0.25) is 0 Å². The number of rotatable bonds is 4. The second kappa shape index (κ2) is 5.59. The van der Waals surface area contributed by atoms with Crippen LogP contribution < -0.4 is 10.5 Å². The van der Waals surface area contributed by atoms with Gasteiger partial charge in [-0.3, -0.25) is 0 Å². The lowest BCUT2D eigenvalue weighted by Crippen LogP contribution is -1.89. The fourth-order valence-corrected chi connectivity index (χ4v) is 2.93. The smallest absolute Gasteiger partial charge is 0.137 e. The van der Waals surface area contributed by atoms with Crippen LogP contribution in [0.5, 0.6) is 5.75 Å². The number of hydrogen-bond acceptors (Lipinski definition) is 4. The summed E-state index contributed by atoms with van der Waals surface area (Å²) in [4.78, 5) is 4.56. The topological polar surface area (TPSA) is 48.1 Å². The van der Waals surface area contributed by atoms with E-state index in [9.17, 15) is 0 Å². The van der Waals surface area contributed by atoms with Crippen LogP contribution in [0.2, 0.25) is 5.02 Å². The zero-order chi connectivity index (χ0) is 13.1. The predicted molar refractivity (Wildman–Crippen MR) is 77.5 cm³/mol. The largest absolute Gasteiger partial charge is 0.495 e. The average molecular weight is 283 g/mol. The average Bonchev–Trinajstić information content (AvgIpc) is 2.71. The van der Waals surface area contributed by atoms with Gasteiger partial charge in [0.15, 0.2) is 0 Å². The zero-order valence-electron chi connectivity index (χ0n) is 10.4. The summed E-state index contributed by atoms with van der Waals surface area (Å²) in [6.45, 7) is 2.13. The van der Waals surface area contributed by atoms with E-state index in [0.29, 0.717) is 10.8 Å². The lowest BCUT2D eigenvalue weighted by molar-refractivity contribution is 0.415. The standard InChI is InChI=1S/C13H15ClN2OS/c1-3-4-11-16-12(13(15)18-11)8-5-6-10(17-2)9(14)7-8/h5-7H,3-4,15H2,1-2H3. The van der Waals surface area contributed by atoms with Crippen molar-refractivity contribution in [2.45, 2.75) is 19.8 Å². The molecule has 1 heterocycles. The second-order valence-electron chi connectivity index (χ2n) is 3.92. The Kier molecular flexibility index (Phi) is 4.09. The van der Waals surface area contributed by atoms with Gasteiger partial charge in [-0.2, -0.15) is 0 Å². The summed E-state index contributed by atoms with van der Waals surface area (Å²) >= 11 is 7.65. The van der Waals surface area contributed by atoms with Crippen LogP contribution in [0.15, 0.2) is 18.2 Å². The lowest BCUT2D eigenvalue weighted by Gasteiger charge is -2.04. The number of ether oxygens (including phenoxy) is 1. The Morgan fingerprint density at radius 1 is 1.44 bits per heavy atom. The van der Waals surface area contributed by atoms with Crippen molar-refractivity contribution < 1.29 is 4.74 Å². The molecule has 0 radical (unpaired) electrons. The molecule has 96 valence electrons. The van der Waals surface area contributed by atoms with Crippen molar-refractivity contribution in [3.63, 3.8) is 0 Å². The molecule has 0 aliphatic carbocycles. The molecule has 0 spiro atoms. The molecule has 0 aliphatic rings. The minimum Gasteiger partial charge on any atom is -0.495 e. The molecule has 3 nitrogen and oxygen atoms in total. The first-order valence-electron chi connectivity index (χ1n) is 5.74. The summed E-state index contributed by atoms with van der Waals surface area (Å²) in [7, 11) is 1.59. The Labute approximate surface area is 116 Å². The van der Waals surface area contributed by atoms with Gasteiger partial charge in [-0.1, -0.05) is 18.5 Å². The minimum absolute atomic E-state index is 0.569. The van der Waals surface area contributed by atoms with Gasteiger partial charge in [0.1, 0.15) is 16.4 Å². The molecule has 0 fully saturated rings. The molecule has 0 saturated carbocycles. The van der Waals surface area contributed by atoms with Gasteiger partial charge in [-0.25, -0.2) is 4.98 Å². The van der Waals surface area contributed by atoms with Gasteiger partial charge in [0.25, 0.3) is 0 Å². The summed E-state index contributed by atoms with van der Waals surface area (Å²) in [5.74, 6) is 0.656. The molecular formula is C13H15ClN2OS. The molecule has 5 heteroatoms. The SMILES string of the molecule is CCCc1nc(-c2ccc(OC)c(Cl)c2)c(N)s1. The third-order valence-electron chi connectivity index (χ3n) is 2.59. The third-order valence-corrected chi connectivity index (χ3v) is 3.83. The molecule has 0 atom stereocenters. The first-order chi connectivity index (χ1) is 8.65. The van der Waals surface area contributed by atoms with E-state index in [1.807, 2.05) is 18.2 Å². The summed E-state index contributed by atoms with van der Waals surface area (Å²) in [5, 5.41) is 2.37. The van der Waals surface area contributed by atoms with E-state index in [4.69, 9.17) is 22.1 Å². The number of nitrogens with zero attached hydrogens (tertiary/aromatic N) is 1. The van der Waals surface area contributed by atoms with Crippen molar-refractivity contribution >= 4 is 27.9 Å². The quantitative estimate of drug-likeness (QED) is 0.922. The summed E-state index contributed by atoms with van der Waals surface area (Å²) in [5.41, 5.74) is 7.75. The molecule has 0 unspecified atom stereocenters. The number of methoxy groups -OCH3 is 1. The number of nitrogens with two attached hydrogens (primary N) is 1. The van der Waals surface area contributed by atoms with Crippen molar-refractivity contribution in [3.05, 3.63) is 28.2 Å². The second-order valence-corrected chi connectivity index (χ2v) is 5.44. The highest BCUT2D eigenvalue weighted by molar-refractivity contribution is 7.16. The van der Waals surface area contributed by atoms with Crippen molar-refractivity contribution in [3.8, 4) is 17.0 Å². The van der Waals surface area contributed by atoms with Crippen LogP contribution >= 0.6 is 22.9 Å². The maximum Gasteiger partial charge on any atom is 0.137 e. The molecule has 2 N–H and O–H groups in total. The van der Waals surface area contributed by atoms with Crippen molar-refractivity contribution in [1.29, 1.82) is 0 Å². The molecule has 0 aliphatic heterocycles. The molecular weight excluding hydrogens is 268 g/mol. The molecule has 0 amide bonds. The van der Waals surface area contributed by atoms with Crippen LogP contribution in [0.3, 0.4) is 0 Å². The Bertz CT molecular complexity index is 554. The van der Waals surface area contributed by atoms with Gasteiger partial charge in [-0.15, -0.1) is 11.3 Å². The van der Waals surface area contributed by atoms with Crippen molar-refractivity contribution in [2.24, 2.45) is 0 Å². The van der Waals surface area contributed by atoms with Crippen LogP contribution in [0.1, 0.15) is 18.4 Å². The first-order valence-corrected chi connectivity index (χ1v) is 6.94. The fourth-order valence-electron chi connectivity index (χ4n) is 1.72. The van der Waals surface area contributed by atoms with Gasteiger partial charge in [0.05, 0.1) is 17.1 Å². The molecule has 0 saturated heterocycles. The summed E-state index contributed by atoms with van der Waals surface area (Å²) in [6.07, 6.45) is 2.02. The number of nitrogen functional groups attached to an aromatic ring is 1. The predicted octanol–water partition coefficient (Wildman–Crippen LogP) is 4.01. The summed E-state index contributed by atoms with van der Waals surface area (Å²) < 4.78 is 5.13. The molecule has 0 bridgehead atoms. The van der Waals surface area contributed by atoms with Crippen LogP contribution in [0.4, 0.5) is 5.00 Å². The number of aromatic nitrogens is 1. The Morgan fingerprint density at radius 2 is 2.22 bits per heavy atom. The van der Waals surface area contributed by atoms with Gasteiger partial charge in [-0.05, 0) is 31.0 Å². The van der Waals surface area contributed by atoms with Crippen LogP contribution in [-0.4, -0.2) is 12.1 Å². The Morgan fingerprint density at radius 3 is 2.83 bits per heavy atom. The van der Waals surface area contributed by atoms with E-state index in [2.05, 4.69) is 11.9 Å². The van der Waals surface area contributed by atoms with E-state index in [-0.39, 0.29) is 0 Å². The van der Waals surface area contributed by atoms with E-state index < -0.39 is 0 Å². The molecule has 1 aromatic heterocycles. The highest BCUT2D eigenvalue weighted by atomic mass is 35.5. The van der Waals surface area contributed by atoms with Crippen molar-refractivity contribution in [1.82, 2.24) is 4.98 Å². The molecule has 1 aromatic carbocycles. The molecule has 2 aromatic rings. The molecule has 18 heavy (non-hydrogen) atoms. The number of hydrogen-bond donors (Lipinski definition) is 1. The minimum atomic E-state index is 0.569. The van der Waals surface area contributed by atoms with E-state index in [1.54, 1.807) is 18.4 Å². The van der Waals surface area contributed by atoms with E-state index >= 15 is 0 Å². The number of anilines is 1. The number of halogens is 1. The maximum atomic E-state index is 6.11. The molecule has 2 rings (SSSR count).